The minimum atomic E-state index is -0.577. The summed E-state index contributed by atoms with van der Waals surface area (Å²) in [4.78, 5) is 11.1. The highest BCUT2D eigenvalue weighted by Crippen LogP contribution is 2.41. The molecule has 19 heavy (non-hydrogen) atoms. The topological polar surface area (TPSA) is 92.8 Å². The summed E-state index contributed by atoms with van der Waals surface area (Å²) in [5.74, 6) is -0.796. The van der Waals surface area contributed by atoms with Gasteiger partial charge < -0.3 is 20.7 Å². The van der Waals surface area contributed by atoms with Crippen molar-refractivity contribution in [3.8, 4) is 11.5 Å². The molecule has 4 N–H and O–H groups in total. The number of hydrogen-bond donors (Lipinski definition) is 3. The van der Waals surface area contributed by atoms with E-state index in [1.807, 2.05) is 0 Å². The Hall–Kier alpha value is -2.69. The second-order valence-corrected chi connectivity index (χ2v) is 3.93. The molecule has 5 nitrogen and oxygen atoms in total. The molecule has 5 heteroatoms. The Morgan fingerprint density at radius 1 is 1.21 bits per heavy atom. The van der Waals surface area contributed by atoms with Crippen molar-refractivity contribution in [3.63, 3.8) is 0 Å². The van der Waals surface area contributed by atoms with Crippen LogP contribution in [0.25, 0.3) is 16.8 Å². The Bertz CT molecular complexity index is 677. The van der Waals surface area contributed by atoms with Crippen molar-refractivity contribution in [1.29, 1.82) is 0 Å². The van der Waals surface area contributed by atoms with Crippen LogP contribution in [0.4, 0.5) is 5.69 Å². The number of fused-ring (bicyclic) bond motifs is 1. The number of rotatable bonds is 2. The molecule has 2 aromatic rings. The number of benzene rings is 2. The lowest BCUT2D eigenvalue weighted by atomic mass is 10.0. The maximum absolute atomic E-state index is 11.1. The van der Waals surface area contributed by atoms with E-state index < -0.39 is 5.97 Å². The fraction of sp³-hybridized carbons (Fsp3) is 0.0714. The first-order chi connectivity index (χ1) is 9.06. The summed E-state index contributed by atoms with van der Waals surface area (Å²) in [5, 5.41) is 21.1. The molecule has 0 bridgehead atoms. The number of carbonyl (C=O) groups excluding carboxylic acids is 1. The molecule has 0 heterocycles. The zero-order chi connectivity index (χ0) is 14.0. The first-order valence-electron chi connectivity index (χ1n) is 5.54. The Morgan fingerprint density at radius 2 is 1.79 bits per heavy atom. The Labute approximate surface area is 109 Å². The lowest BCUT2D eigenvalue weighted by Crippen LogP contribution is -1.96. The van der Waals surface area contributed by atoms with E-state index in [4.69, 9.17) is 5.73 Å². The van der Waals surface area contributed by atoms with Crippen molar-refractivity contribution in [2.45, 2.75) is 0 Å². The van der Waals surface area contributed by atoms with Crippen molar-refractivity contribution in [3.05, 3.63) is 35.9 Å². The Morgan fingerprint density at radius 3 is 2.37 bits per heavy atom. The molecule has 0 saturated heterocycles. The van der Waals surface area contributed by atoms with Gasteiger partial charge in [0.05, 0.1) is 12.8 Å². The lowest BCUT2D eigenvalue weighted by molar-refractivity contribution is -0.134. The third-order valence-corrected chi connectivity index (χ3v) is 2.82. The third-order valence-electron chi connectivity index (χ3n) is 2.82. The quantitative estimate of drug-likeness (QED) is 0.252. The lowest BCUT2D eigenvalue weighted by Gasteiger charge is -2.11. The summed E-state index contributed by atoms with van der Waals surface area (Å²) in [6, 6.07) is 6.75. The van der Waals surface area contributed by atoms with E-state index in [-0.39, 0.29) is 22.7 Å². The van der Waals surface area contributed by atoms with Crippen LogP contribution in [-0.2, 0) is 9.53 Å². The molecule has 0 radical (unpaired) electrons. The van der Waals surface area contributed by atoms with Gasteiger partial charge in [-0.1, -0.05) is 24.3 Å². The van der Waals surface area contributed by atoms with Crippen molar-refractivity contribution in [2.24, 2.45) is 0 Å². The fourth-order valence-electron chi connectivity index (χ4n) is 1.83. The average Bonchev–Trinajstić information content (AvgIpc) is 2.44. The number of phenols is 2. The second kappa shape index (κ2) is 4.89. The van der Waals surface area contributed by atoms with Crippen molar-refractivity contribution >= 4 is 28.5 Å². The summed E-state index contributed by atoms with van der Waals surface area (Å²) in [7, 11) is 1.24. The van der Waals surface area contributed by atoms with Gasteiger partial charge in [-0.15, -0.1) is 0 Å². The van der Waals surface area contributed by atoms with Crippen LogP contribution in [0.3, 0.4) is 0 Å². The van der Waals surface area contributed by atoms with Gasteiger partial charge in [0, 0.05) is 22.4 Å². The molecule has 0 atom stereocenters. The molecule has 0 saturated carbocycles. The van der Waals surface area contributed by atoms with Gasteiger partial charge in [-0.05, 0) is 6.08 Å². The molecule has 0 unspecified atom stereocenters. The van der Waals surface area contributed by atoms with E-state index in [1.165, 1.54) is 13.2 Å². The standard InChI is InChI=1S/C14H13NO4/c1-19-11(16)7-6-10-12(15)14(18)9-5-3-2-4-8(9)13(10)17/h2-7,17-18H,15H2,1H3/b7-6+. The summed E-state index contributed by atoms with van der Waals surface area (Å²) in [5.41, 5.74) is 5.96. The van der Waals surface area contributed by atoms with Gasteiger partial charge in [-0.25, -0.2) is 4.79 Å². The van der Waals surface area contributed by atoms with E-state index in [0.717, 1.165) is 6.08 Å². The van der Waals surface area contributed by atoms with Gasteiger partial charge in [0.2, 0.25) is 0 Å². The van der Waals surface area contributed by atoms with Gasteiger partial charge in [0.15, 0.2) is 0 Å². The van der Waals surface area contributed by atoms with Gasteiger partial charge >= 0.3 is 5.97 Å². The smallest absolute Gasteiger partial charge is 0.330 e. The largest absolute Gasteiger partial charge is 0.507 e. The number of methoxy groups -OCH3 is 1. The van der Waals surface area contributed by atoms with Crippen LogP contribution in [0.5, 0.6) is 11.5 Å². The van der Waals surface area contributed by atoms with E-state index in [0.29, 0.717) is 10.8 Å². The van der Waals surface area contributed by atoms with E-state index in [9.17, 15) is 15.0 Å². The number of nitrogen functional groups attached to an aromatic ring is 1. The van der Waals surface area contributed by atoms with Gasteiger partial charge in [0.25, 0.3) is 0 Å². The number of aromatic hydroxyl groups is 2. The molecule has 0 fully saturated rings. The van der Waals surface area contributed by atoms with Gasteiger partial charge in [0.1, 0.15) is 11.5 Å². The monoisotopic (exact) mass is 259 g/mol. The van der Waals surface area contributed by atoms with E-state index in [1.54, 1.807) is 24.3 Å². The number of nitrogens with two attached hydrogens (primary N) is 1. The molecule has 0 spiro atoms. The number of esters is 1. The molecule has 0 aliphatic carbocycles. The summed E-state index contributed by atoms with van der Waals surface area (Å²) in [6.45, 7) is 0. The average molecular weight is 259 g/mol. The highest BCUT2D eigenvalue weighted by molar-refractivity contribution is 6.02. The van der Waals surface area contributed by atoms with Gasteiger partial charge in [-0.3, -0.25) is 0 Å². The van der Waals surface area contributed by atoms with Crippen LogP contribution >= 0.6 is 0 Å². The first kappa shape index (κ1) is 12.8. The van der Waals surface area contributed by atoms with Crippen LogP contribution in [-0.4, -0.2) is 23.3 Å². The Kier molecular flexibility index (Phi) is 3.29. The number of anilines is 1. The molecule has 0 aromatic heterocycles. The zero-order valence-electron chi connectivity index (χ0n) is 10.3. The summed E-state index contributed by atoms with van der Waals surface area (Å²) in [6.07, 6.45) is 2.43. The number of ether oxygens (including phenoxy) is 1. The van der Waals surface area contributed by atoms with E-state index >= 15 is 0 Å². The van der Waals surface area contributed by atoms with Crippen LogP contribution in [0.15, 0.2) is 30.3 Å². The molecule has 2 aromatic carbocycles. The Balaban J connectivity index is 2.68. The number of carbonyl (C=O) groups is 1. The van der Waals surface area contributed by atoms with Crippen LogP contribution in [0.1, 0.15) is 5.56 Å². The van der Waals surface area contributed by atoms with Crippen LogP contribution < -0.4 is 5.73 Å². The fourth-order valence-corrected chi connectivity index (χ4v) is 1.83. The highest BCUT2D eigenvalue weighted by Gasteiger charge is 2.14. The maximum atomic E-state index is 11.1. The number of hydrogen-bond acceptors (Lipinski definition) is 5. The minimum absolute atomic E-state index is 0.0105. The van der Waals surface area contributed by atoms with Gasteiger partial charge in [-0.2, -0.15) is 0 Å². The number of phenolic OH excluding ortho intramolecular Hbond substituents is 2. The van der Waals surface area contributed by atoms with Crippen LogP contribution in [0.2, 0.25) is 0 Å². The predicted molar refractivity (Wildman–Crippen MR) is 72.7 cm³/mol. The van der Waals surface area contributed by atoms with Crippen molar-refractivity contribution in [1.82, 2.24) is 0 Å². The van der Waals surface area contributed by atoms with E-state index in [2.05, 4.69) is 4.74 Å². The molecule has 2 rings (SSSR count). The maximum Gasteiger partial charge on any atom is 0.330 e. The van der Waals surface area contributed by atoms with Crippen LogP contribution in [0, 0.1) is 0 Å². The molecular formula is C14H13NO4. The molecule has 0 aliphatic heterocycles. The molecule has 0 amide bonds. The zero-order valence-corrected chi connectivity index (χ0v) is 10.3. The van der Waals surface area contributed by atoms with Crippen molar-refractivity contribution in [2.75, 3.05) is 12.8 Å². The predicted octanol–water partition coefficient (Wildman–Crippen LogP) is 2.02. The SMILES string of the molecule is COC(=O)/C=C/c1c(N)c(O)c2ccccc2c1O. The highest BCUT2D eigenvalue weighted by atomic mass is 16.5. The van der Waals surface area contributed by atoms with Crippen molar-refractivity contribution < 1.29 is 19.7 Å². The second-order valence-electron chi connectivity index (χ2n) is 3.93. The molecular weight excluding hydrogens is 246 g/mol. The summed E-state index contributed by atoms with van der Waals surface area (Å²) >= 11 is 0. The molecule has 98 valence electrons. The normalized spacial score (nSPS) is 11.0. The first-order valence-corrected chi connectivity index (χ1v) is 5.54. The third kappa shape index (κ3) is 2.18. The minimum Gasteiger partial charge on any atom is -0.507 e. The molecule has 0 aliphatic rings. The summed E-state index contributed by atoms with van der Waals surface area (Å²) < 4.78 is 4.46.